The second-order valence-corrected chi connectivity index (χ2v) is 7.63. The maximum absolute atomic E-state index is 12.7. The van der Waals surface area contributed by atoms with E-state index in [2.05, 4.69) is 68.8 Å². The van der Waals surface area contributed by atoms with Gasteiger partial charge in [-0.2, -0.15) is 8.78 Å². The van der Waals surface area contributed by atoms with Crippen LogP contribution in [0, 0.1) is 0 Å². The molecule has 1 saturated carbocycles. The van der Waals surface area contributed by atoms with E-state index < -0.39 is 6.55 Å². The minimum atomic E-state index is -2.74. The molecule has 1 aliphatic carbocycles. The van der Waals surface area contributed by atoms with Crippen LogP contribution in [-0.2, 0) is 13.1 Å². The van der Waals surface area contributed by atoms with Crippen LogP contribution < -0.4 is 0 Å². The quantitative estimate of drug-likeness (QED) is 0.575. The first kappa shape index (κ1) is 19.6. The van der Waals surface area contributed by atoms with Gasteiger partial charge in [0.1, 0.15) is 0 Å². The van der Waals surface area contributed by atoms with Crippen LogP contribution in [0.5, 0.6) is 0 Å². The Hall–Kier alpha value is -2.67. The Kier molecular flexibility index (Phi) is 6.24. The monoisotopic (exact) mass is 397 g/mol. The number of hydrogen-bond donors (Lipinski definition) is 0. The maximum Gasteiger partial charge on any atom is 0.350 e. The SMILES string of the molecule is FC(F)n1nnc(C2CCC(N(Cc3ccccc3)Cc3ccccc3)CC2)n1. The van der Waals surface area contributed by atoms with E-state index in [1.54, 1.807) is 0 Å². The van der Waals surface area contributed by atoms with Crippen LogP contribution in [0.3, 0.4) is 0 Å². The molecule has 5 nitrogen and oxygen atoms in total. The van der Waals surface area contributed by atoms with Crippen LogP contribution in [0.2, 0.25) is 0 Å². The summed E-state index contributed by atoms with van der Waals surface area (Å²) >= 11 is 0. The molecule has 0 amide bonds. The van der Waals surface area contributed by atoms with Gasteiger partial charge in [-0.05, 0) is 42.0 Å². The molecule has 4 rings (SSSR count). The van der Waals surface area contributed by atoms with Crippen molar-refractivity contribution in [3.05, 3.63) is 77.6 Å². The molecule has 1 heterocycles. The molecule has 1 fully saturated rings. The molecule has 0 N–H and O–H groups in total. The second kappa shape index (κ2) is 9.22. The first-order valence-electron chi connectivity index (χ1n) is 10.1. The highest BCUT2D eigenvalue weighted by Crippen LogP contribution is 2.34. The number of halogens is 2. The van der Waals surface area contributed by atoms with Gasteiger partial charge in [0.15, 0.2) is 5.82 Å². The van der Waals surface area contributed by atoms with Gasteiger partial charge >= 0.3 is 6.55 Å². The van der Waals surface area contributed by atoms with Gasteiger partial charge in [0.05, 0.1) is 0 Å². The lowest BCUT2D eigenvalue weighted by molar-refractivity contribution is 0.0392. The summed E-state index contributed by atoms with van der Waals surface area (Å²) in [5.41, 5.74) is 2.60. The fraction of sp³-hybridized carbons (Fsp3) is 0.409. The smallest absolute Gasteiger partial charge is 0.292 e. The summed E-state index contributed by atoms with van der Waals surface area (Å²) in [6.45, 7) is -0.949. The predicted octanol–water partition coefficient (Wildman–Crippen LogP) is 4.80. The van der Waals surface area contributed by atoms with Gasteiger partial charge in [0.25, 0.3) is 0 Å². The van der Waals surface area contributed by atoms with Crippen molar-refractivity contribution >= 4 is 0 Å². The van der Waals surface area contributed by atoms with Crippen molar-refractivity contribution in [1.82, 2.24) is 25.1 Å². The van der Waals surface area contributed by atoms with E-state index in [4.69, 9.17) is 0 Å². The normalized spacial score (nSPS) is 19.7. The van der Waals surface area contributed by atoms with E-state index >= 15 is 0 Å². The number of rotatable bonds is 7. The number of aromatic nitrogens is 4. The zero-order valence-electron chi connectivity index (χ0n) is 16.2. The fourth-order valence-corrected chi connectivity index (χ4v) is 4.13. The third-order valence-electron chi connectivity index (χ3n) is 5.65. The molecule has 0 spiro atoms. The zero-order valence-corrected chi connectivity index (χ0v) is 16.2. The van der Waals surface area contributed by atoms with Crippen molar-refractivity contribution in [2.75, 3.05) is 0 Å². The van der Waals surface area contributed by atoms with E-state index in [-0.39, 0.29) is 5.92 Å². The molecule has 1 aliphatic rings. The first-order valence-corrected chi connectivity index (χ1v) is 10.1. The molecular formula is C22H25F2N5. The summed E-state index contributed by atoms with van der Waals surface area (Å²) in [4.78, 5) is 2.93. The van der Waals surface area contributed by atoms with Crippen molar-refractivity contribution in [2.24, 2.45) is 0 Å². The maximum atomic E-state index is 12.7. The molecule has 2 aromatic carbocycles. The Morgan fingerprint density at radius 1 is 0.862 bits per heavy atom. The van der Waals surface area contributed by atoms with Gasteiger partial charge in [-0.3, -0.25) is 4.90 Å². The molecule has 152 valence electrons. The van der Waals surface area contributed by atoms with Gasteiger partial charge in [0.2, 0.25) is 0 Å². The number of hydrogen-bond acceptors (Lipinski definition) is 4. The summed E-state index contributed by atoms with van der Waals surface area (Å²) < 4.78 is 25.4. The van der Waals surface area contributed by atoms with Crippen molar-refractivity contribution < 1.29 is 8.78 Å². The molecule has 0 radical (unpaired) electrons. The lowest BCUT2D eigenvalue weighted by Gasteiger charge is -2.36. The zero-order chi connectivity index (χ0) is 20.1. The van der Waals surface area contributed by atoms with E-state index in [0.717, 1.165) is 38.8 Å². The third-order valence-corrected chi connectivity index (χ3v) is 5.65. The van der Waals surface area contributed by atoms with Crippen molar-refractivity contribution in [2.45, 2.75) is 57.3 Å². The van der Waals surface area contributed by atoms with Crippen LogP contribution >= 0.6 is 0 Å². The van der Waals surface area contributed by atoms with Gasteiger partial charge in [0, 0.05) is 25.0 Å². The second-order valence-electron chi connectivity index (χ2n) is 7.63. The standard InChI is InChI=1S/C22H25F2N5/c23-22(24)29-26-21(25-27-29)19-11-13-20(14-12-19)28(15-17-7-3-1-4-8-17)16-18-9-5-2-6-10-18/h1-10,19-20,22H,11-16H2. The van der Waals surface area contributed by atoms with Gasteiger partial charge in [-0.15, -0.1) is 10.2 Å². The van der Waals surface area contributed by atoms with Crippen LogP contribution in [-0.4, -0.2) is 31.1 Å². The van der Waals surface area contributed by atoms with E-state index in [1.165, 1.54) is 11.1 Å². The molecule has 0 aliphatic heterocycles. The lowest BCUT2D eigenvalue weighted by Crippen LogP contribution is -2.37. The molecule has 1 aromatic heterocycles. The first-order chi connectivity index (χ1) is 14.2. The van der Waals surface area contributed by atoms with Crippen LogP contribution in [0.4, 0.5) is 8.78 Å². The van der Waals surface area contributed by atoms with Crippen molar-refractivity contribution in [3.63, 3.8) is 0 Å². The third kappa shape index (κ3) is 5.03. The minimum Gasteiger partial charge on any atom is -0.292 e. The summed E-state index contributed by atoms with van der Waals surface area (Å²) in [5.74, 6) is 0.551. The fourth-order valence-electron chi connectivity index (χ4n) is 4.13. The Bertz CT molecular complexity index is 835. The summed E-state index contributed by atoms with van der Waals surface area (Å²) in [6, 6.07) is 21.5. The number of tetrazole rings is 1. The highest BCUT2D eigenvalue weighted by atomic mass is 19.3. The molecule has 0 unspecified atom stereocenters. The summed E-state index contributed by atoms with van der Waals surface area (Å²) in [6.07, 6.45) is 3.76. The molecule has 29 heavy (non-hydrogen) atoms. The van der Waals surface area contributed by atoms with Crippen molar-refractivity contribution in [3.8, 4) is 0 Å². The Morgan fingerprint density at radius 2 is 1.41 bits per heavy atom. The highest BCUT2D eigenvalue weighted by Gasteiger charge is 2.29. The molecule has 0 atom stereocenters. The average molecular weight is 397 g/mol. The Morgan fingerprint density at radius 3 is 1.90 bits per heavy atom. The van der Waals surface area contributed by atoms with Crippen molar-refractivity contribution in [1.29, 1.82) is 0 Å². The summed E-state index contributed by atoms with van der Waals surface area (Å²) in [7, 11) is 0. The number of nitrogens with zero attached hydrogens (tertiary/aromatic N) is 5. The predicted molar refractivity (Wildman–Crippen MR) is 106 cm³/mol. The number of benzene rings is 2. The molecule has 3 aromatic rings. The lowest BCUT2D eigenvalue weighted by atomic mass is 9.84. The minimum absolute atomic E-state index is 0.106. The average Bonchev–Trinajstić information content (AvgIpc) is 3.26. The molecule has 7 heteroatoms. The van der Waals surface area contributed by atoms with Crippen LogP contribution in [0.15, 0.2) is 60.7 Å². The van der Waals surface area contributed by atoms with Crippen LogP contribution in [0.1, 0.15) is 55.1 Å². The Balaban J connectivity index is 1.43. The van der Waals surface area contributed by atoms with E-state index in [1.807, 2.05) is 12.1 Å². The van der Waals surface area contributed by atoms with Crippen LogP contribution in [0.25, 0.3) is 0 Å². The highest BCUT2D eigenvalue weighted by molar-refractivity contribution is 5.17. The van der Waals surface area contributed by atoms with E-state index in [9.17, 15) is 8.78 Å². The van der Waals surface area contributed by atoms with Gasteiger partial charge in [-0.1, -0.05) is 65.5 Å². The largest absolute Gasteiger partial charge is 0.350 e. The van der Waals surface area contributed by atoms with Gasteiger partial charge < -0.3 is 0 Å². The number of alkyl halides is 2. The molecular weight excluding hydrogens is 372 g/mol. The topological polar surface area (TPSA) is 46.8 Å². The molecule has 0 bridgehead atoms. The Labute approximate surface area is 169 Å². The van der Waals surface area contributed by atoms with E-state index in [0.29, 0.717) is 16.7 Å². The molecule has 0 saturated heterocycles. The summed E-state index contributed by atoms with van der Waals surface area (Å²) in [5, 5.41) is 11.2. The van der Waals surface area contributed by atoms with Gasteiger partial charge in [-0.25, -0.2) is 0 Å².